The monoisotopic (exact) mass is 467 g/mol. The van der Waals surface area contributed by atoms with Crippen LogP contribution >= 0.6 is 35.7 Å². The predicted octanol–water partition coefficient (Wildman–Crippen LogP) is 1.69. The summed E-state index contributed by atoms with van der Waals surface area (Å²) < 4.78 is 0. The molecule has 3 unspecified atom stereocenters. The third-order valence-corrected chi connectivity index (χ3v) is 7.10. The van der Waals surface area contributed by atoms with E-state index in [0.29, 0.717) is 12.0 Å². The van der Waals surface area contributed by atoms with Gasteiger partial charge < -0.3 is 15.5 Å². The lowest BCUT2D eigenvalue weighted by molar-refractivity contribution is 0.182. The Balaban J connectivity index is 0.00000208. The van der Waals surface area contributed by atoms with Crippen molar-refractivity contribution in [3.05, 3.63) is 0 Å². The topological polar surface area (TPSA) is 42.9 Å². The molecule has 2 saturated heterocycles. The van der Waals surface area contributed by atoms with Crippen LogP contribution in [0.3, 0.4) is 0 Å². The van der Waals surface area contributed by atoms with Crippen LogP contribution in [0.4, 0.5) is 0 Å². The number of aliphatic imine (C=N–C) groups is 1. The summed E-state index contributed by atoms with van der Waals surface area (Å²) in [5.41, 5.74) is 0.267. The van der Waals surface area contributed by atoms with Crippen molar-refractivity contribution in [2.75, 3.05) is 52.3 Å². The van der Waals surface area contributed by atoms with Crippen LogP contribution in [0.15, 0.2) is 4.99 Å². The summed E-state index contributed by atoms with van der Waals surface area (Å²) >= 11 is 2.06. The van der Waals surface area contributed by atoms with Gasteiger partial charge in [-0.25, -0.2) is 0 Å². The predicted molar refractivity (Wildman–Crippen MR) is 116 cm³/mol. The fourth-order valence-electron chi connectivity index (χ4n) is 3.80. The zero-order valence-corrected chi connectivity index (χ0v) is 18.7. The van der Waals surface area contributed by atoms with Gasteiger partial charge in [-0.3, -0.25) is 9.89 Å². The van der Waals surface area contributed by atoms with Crippen molar-refractivity contribution < 1.29 is 0 Å². The van der Waals surface area contributed by atoms with Crippen LogP contribution in [-0.4, -0.2) is 85.7 Å². The molecule has 0 radical (unpaired) electrons. The van der Waals surface area contributed by atoms with Gasteiger partial charge >= 0.3 is 0 Å². The van der Waals surface area contributed by atoms with Gasteiger partial charge in [0.2, 0.25) is 0 Å². The molecule has 5 nitrogen and oxygen atoms in total. The number of rotatable bonds is 5. The molecule has 3 fully saturated rings. The Kier molecular flexibility index (Phi) is 7.52. The number of hydrogen-bond donors (Lipinski definition) is 2. The van der Waals surface area contributed by atoms with Gasteiger partial charge in [0.1, 0.15) is 0 Å². The van der Waals surface area contributed by atoms with Gasteiger partial charge in [0.25, 0.3) is 0 Å². The van der Waals surface area contributed by atoms with Crippen LogP contribution in [0.5, 0.6) is 0 Å². The molecule has 0 spiro atoms. The fraction of sp³-hybridized carbons (Fsp3) is 0.941. The third-order valence-electron chi connectivity index (χ3n) is 5.87. The number of halogens is 1. The molecule has 0 amide bonds. The Morgan fingerprint density at radius 3 is 2.62 bits per heavy atom. The standard InChI is InChI=1S/C17H33N5S.HI/c1-13-9-22(14-5-6-14)10-15(13)20-16(18-2)19-11-17(21(3)4)7-8-23-12-17;/h13-15H,5-12H2,1-4H3,(H2,18,19,20);1H. The van der Waals surface area contributed by atoms with Crippen molar-refractivity contribution in [1.29, 1.82) is 0 Å². The second kappa shape index (κ2) is 8.77. The van der Waals surface area contributed by atoms with Gasteiger partial charge in [-0.1, -0.05) is 6.92 Å². The molecule has 0 aromatic heterocycles. The molecule has 0 bridgehead atoms. The van der Waals surface area contributed by atoms with Crippen LogP contribution in [0.1, 0.15) is 26.2 Å². The molecule has 3 aliphatic rings. The Hall–Kier alpha value is 0.270. The molecule has 1 saturated carbocycles. The number of guanidine groups is 1. The fourth-order valence-corrected chi connectivity index (χ4v) is 5.35. The molecule has 3 atom stereocenters. The second-order valence-corrected chi connectivity index (χ2v) is 8.87. The summed E-state index contributed by atoms with van der Waals surface area (Å²) in [5, 5.41) is 7.29. The Labute approximate surface area is 168 Å². The third kappa shape index (κ3) is 4.71. The summed E-state index contributed by atoms with van der Waals surface area (Å²) in [5.74, 6) is 4.14. The molecular weight excluding hydrogens is 433 g/mol. The highest BCUT2D eigenvalue weighted by Gasteiger charge is 2.39. The first-order chi connectivity index (χ1) is 11.0. The minimum atomic E-state index is 0. The van der Waals surface area contributed by atoms with Crippen molar-refractivity contribution >= 4 is 41.7 Å². The largest absolute Gasteiger partial charge is 0.355 e. The molecule has 2 heterocycles. The highest BCUT2D eigenvalue weighted by Crippen LogP contribution is 2.32. The van der Waals surface area contributed by atoms with Crippen LogP contribution in [0, 0.1) is 5.92 Å². The molecular formula is C17H34IN5S. The quantitative estimate of drug-likeness (QED) is 0.366. The maximum absolute atomic E-state index is 4.47. The molecule has 1 aliphatic carbocycles. The maximum atomic E-state index is 4.47. The van der Waals surface area contributed by atoms with Crippen LogP contribution in [0.2, 0.25) is 0 Å². The zero-order valence-electron chi connectivity index (χ0n) is 15.5. The van der Waals surface area contributed by atoms with E-state index in [1.165, 1.54) is 43.9 Å². The first-order valence-electron chi connectivity index (χ1n) is 9.00. The van der Waals surface area contributed by atoms with Gasteiger partial charge in [-0.05, 0) is 45.0 Å². The number of hydrogen-bond acceptors (Lipinski definition) is 4. The SMILES string of the molecule is CN=C(NCC1(N(C)C)CCSC1)NC1CN(C2CC2)CC1C.I. The molecule has 7 heteroatoms. The number of likely N-dealkylation sites (tertiary alicyclic amines) is 1. The van der Waals surface area contributed by atoms with Crippen LogP contribution < -0.4 is 10.6 Å². The molecule has 0 aromatic carbocycles. The average Bonchev–Trinajstić information content (AvgIpc) is 3.15. The Morgan fingerprint density at radius 2 is 2.08 bits per heavy atom. The summed E-state index contributed by atoms with van der Waals surface area (Å²) in [4.78, 5) is 9.52. The lowest BCUT2D eigenvalue weighted by Gasteiger charge is -2.36. The molecule has 2 N–H and O–H groups in total. The number of thioether (sulfide) groups is 1. The zero-order chi connectivity index (χ0) is 16.4. The summed E-state index contributed by atoms with van der Waals surface area (Å²) in [6.07, 6.45) is 4.05. The van der Waals surface area contributed by atoms with Gasteiger partial charge in [-0.15, -0.1) is 24.0 Å². The van der Waals surface area contributed by atoms with E-state index >= 15 is 0 Å². The first-order valence-corrected chi connectivity index (χ1v) is 10.2. The normalized spacial score (nSPS) is 34.5. The smallest absolute Gasteiger partial charge is 0.191 e. The van der Waals surface area contributed by atoms with E-state index < -0.39 is 0 Å². The molecule has 140 valence electrons. The van der Waals surface area contributed by atoms with Crippen LogP contribution in [-0.2, 0) is 0 Å². The van der Waals surface area contributed by atoms with Crippen LogP contribution in [0.25, 0.3) is 0 Å². The lowest BCUT2D eigenvalue weighted by atomic mass is 9.97. The van der Waals surface area contributed by atoms with E-state index in [9.17, 15) is 0 Å². The van der Waals surface area contributed by atoms with Gasteiger partial charge in [0.15, 0.2) is 5.96 Å². The number of nitrogens with zero attached hydrogens (tertiary/aromatic N) is 3. The highest BCUT2D eigenvalue weighted by molar-refractivity contribution is 14.0. The number of likely N-dealkylation sites (N-methyl/N-ethyl adjacent to an activating group) is 1. The van der Waals surface area contributed by atoms with Crippen molar-refractivity contribution in [2.24, 2.45) is 10.9 Å². The summed E-state index contributed by atoms with van der Waals surface area (Å²) in [6.45, 7) is 5.74. The molecule has 2 aliphatic heterocycles. The van der Waals surface area contributed by atoms with Crippen molar-refractivity contribution in [3.8, 4) is 0 Å². The molecule has 24 heavy (non-hydrogen) atoms. The average molecular weight is 467 g/mol. The minimum absolute atomic E-state index is 0. The van der Waals surface area contributed by atoms with Crippen molar-refractivity contribution in [2.45, 2.75) is 43.8 Å². The van der Waals surface area contributed by atoms with Crippen molar-refractivity contribution in [1.82, 2.24) is 20.4 Å². The Bertz CT molecular complexity index is 435. The van der Waals surface area contributed by atoms with Crippen molar-refractivity contribution in [3.63, 3.8) is 0 Å². The van der Waals surface area contributed by atoms with E-state index in [1.54, 1.807) is 0 Å². The van der Waals surface area contributed by atoms with E-state index in [4.69, 9.17) is 0 Å². The van der Waals surface area contributed by atoms with E-state index in [-0.39, 0.29) is 29.5 Å². The van der Waals surface area contributed by atoms with Gasteiger partial charge in [0.05, 0.1) is 0 Å². The van der Waals surface area contributed by atoms with Gasteiger partial charge in [-0.2, -0.15) is 11.8 Å². The van der Waals surface area contributed by atoms with E-state index in [1.807, 2.05) is 7.05 Å². The number of nitrogens with one attached hydrogen (secondary N) is 2. The summed E-state index contributed by atoms with van der Waals surface area (Å²) in [6, 6.07) is 1.39. The second-order valence-electron chi connectivity index (χ2n) is 7.76. The van der Waals surface area contributed by atoms with Gasteiger partial charge in [0, 0.05) is 50.1 Å². The summed E-state index contributed by atoms with van der Waals surface area (Å²) in [7, 11) is 6.30. The van der Waals surface area contributed by atoms with E-state index in [2.05, 4.69) is 58.2 Å². The minimum Gasteiger partial charge on any atom is -0.355 e. The first kappa shape index (κ1) is 20.6. The Morgan fingerprint density at radius 1 is 1.33 bits per heavy atom. The van der Waals surface area contributed by atoms with E-state index in [0.717, 1.165) is 18.5 Å². The molecule has 3 rings (SSSR count). The highest BCUT2D eigenvalue weighted by atomic mass is 127. The maximum Gasteiger partial charge on any atom is 0.191 e. The molecule has 0 aromatic rings. The lowest BCUT2D eigenvalue weighted by Crippen LogP contribution is -2.56.